The molecule has 0 spiro atoms. The lowest BCUT2D eigenvalue weighted by Crippen LogP contribution is -2.29. The van der Waals surface area contributed by atoms with Crippen LogP contribution in [0.4, 0.5) is 8.78 Å². The van der Waals surface area contributed by atoms with Gasteiger partial charge in [-0.3, -0.25) is 4.79 Å². The third-order valence-electron chi connectivity index (χ3n) is 1.11. The van der Waals surface area contributed by atoms with Gasteiger partial charge in [0.15, 0.2) is 0 Å². The Kier molecular flexibility index (Phi) is 2.69. The van der Waals surface area contributed by atoms with Crippen LogP contribution in [0.3, 0.4) is 0 Å². The van der Waals surface area contributed by atoms with Gasteiger partial charge in [-0.15, -0.1) is 0 Å². The SMILES string of the molecule is C=CC(F)(F)C(=O)C(C)C. The first-order chi connectivity index (χ1) is 4.41. The van der Waals surface area contributed by atoms with E-state index in [9.17, 15) is 13.6 Å². The summed E-state index contributed by atoms with van der Waals surface area (Å²) in [5.41, 5.74) is 0. The number of carbonyl (C=O) groups excluding carboxylic acids is 1. The van der Waals surface area contributed by atoms with Crippen LogP contribution in [-0.2, 0) is 4.79 Å². The van der Waals surface area contributed by atoms with E-state index in [4.69, 9.17) is 0 Å². The third kappa shape index (κ3) is 1.90. The molecule has 1 nitrogen and oxygen atoms in total. The van der Waals surface area contributed by atoms with E-state index in [0.29, 0.717) is 6.08 Å². The van der Waals surface area contributed by atoms with Gasteiger partial charge in [-0.25, -0.2) is 0 Å². The zero-order valence-electron chi connectivity index (χ0n) is 6.03. The highest BCUT2D eigenvalue weighted by Crippen LogP contribution is 2.19. The molecule has 0 aliphatic carbocycles. The van der Waals surface area contributed by atoms with Crippen molar-refractivity contribution < 1.29 is 13.6 Å². The van der Waals surface area contributed by atoms with Crippen molar-refractivity contribution in [3.63, 3.8) is 0 Å². The molecule has 0 amide bonds. The maximum atomic E-state index is 12.3. The fraction of sp³-hybridized carbons (Fsp3) is 0.571. The second-order valence-electron chi connectivity index (χ2n) is 2.35. The van der Waals surface area contributed by atoms with Crippen molar-refractivity contribution in [1.82, 2.24) is 0 Å². The zero-order valence-corrected chi connectivity index (χ0v) is 6.03. The van der Waals surface area contributed by atoms with Gasteiger partial charge in [-0.2, -0.15) is 8.78 Å². The van der Waals surface area contributed by atoms with Crippen LogP contribution >= 0.6 is 0 Å². The van der Waals surface area contributed by atoms with Crippen LogP contribution in [0.1, 0.15) is 13.8 Å². The van der Waals surface area contributed by atoms with Gasteiger partial charge in [0.2, 0.25) is 5.78 Å². The van der Waals surface area contributed by atoms with Crippen LogP contribution < -0.4 is 0 Å². The van der Waals surface area contributed by atoms with Gasteiger partial charge in [0.05, 0.1) is 0 Å². The minimum absolute atomic E-state index is 0.370. The minimum Gasteiger partial charge on any atom is -0.292 e. The fourth-order valence-corrected chi connectivity index (χ4v) is 0.485. The van der Waals surface area contributed by atoms with E-state index in [0.717, 1.165) is 0 Å². The number of hydrogen-bond donors (Lipinski definition) is 0. The van der Waals surface area contributed by atoms with Crippen molar-refractivity contribution in [3.05, 3.63) is 12.7 Å². The van der Waals surface area contributed by atoms with Crippen molar-refractivity contribution in [2.75, 3.05) is 0 Å². The number of halogens is 2. The summed E-state index contributed by atoms with van der Waals surface area (Å²) >= 11 is 0. The highest BCUT2D eigenvalue weighted by atomic mass is 19.3. The Morgan fingerprint density at radius 2 is 2.00 bits per heavy atom. The molecular formula is C7H10F2O. The van der Waals surface area contributed by atoms with Gasteiger partial charge in [-0.05, 0) is 6.08 Å². The molecule has 0 N–H and O–H groups in total. The molecule has 0 saturated carbocycles. The standard InChI is InChI=1S/C7H10F2O/c1-4-7(8,9)6(10)5(2)3/h4-5H,1H2,2-3H3. The first kappa shape index (κ1) is 9.27. The first-order valence-corrected chi connectivity index (χ1v) is 2.97. The van der Waals surface area contributed by atoms with Crippen molar-refractivity contribution in [2.45, 2.75) is 19.8 Å². The highest BCUT2D eigenvalue weighted by Gasteiger charge is 2.35. The van der Waals surface area contributed by atoms with E-state index < -0.39 is 17.6 Å². The van der Waals surface area contributed by atoms with Crippen molar-refractivity contribution in [2.24, 2.45) is 5.92 Å². The van der Waals surface area contributed by atoms with E-state index in [1.807, 2.05) is 0 Å². The lowest BCUT2D eigenvalue weighted by molar-refractivity contribution is -0.140. The Morgan fingerprint density at radius 3 is 2.10 bits per heavy atom. The molecule has 0 aliphatic rings. The second-order valence-corrected chi connectivity index (χ2v) is 2.35. The summed E-state index contributed by atoms with van der Waals surface area (Å²) in [5.74, 6) is -5.08. The van der Waals surface area contributed by atoms with Crippen molar-refractivity contribution in [3.8, 4) is 0 Å². The quantitative estimate of drug-likeness (QED) is 0.559. The molecule has 3 heteroatoms. The van der Waals surface area contributed by atoms with Crippen LogP contribution in [0, 0.1) is 5.92 Å². The molecule has 0 unspecified atom stereocenters. The van der Waals surface area contributed by atoms with E-state index in [-0.39, 0.29) is 0 Å². The Balaban J connectivity index is 4.33. The summed E-state index contributed by atoms with van der Waals surface area (Å²) in [6, 6.07) is 0. The lowest BCUT2D eigenvalue weighted by Gasteiger charge is -2.11. The molecule has 10 heavy (non-hydrogen) atoms. The smallest absolute Gasteiger partial charge is 0.292 e. The highest BCUT2D eigenvalue weighted by molar-refractivity contribution is 5.88. The second kappa shape index (κ2) is 2.90. The maximum Gasteiger partial charge on any atom is 0.323 e. The molecule has 58 valence electrons. The van der Waals surface area contributed by atoms with Gasteiger partial charge in [0.1, 0.15) is 0 Å². The topological polar surface area (TPSA) is 17.1 Å². The van der Waals surface area contributed by atoms with Crippen LogP contribution in [0.25, 0.3) is 0 Å². The normalized spacial score (nSPS) is 11.7. The summed E-state index contributed by atoms with van der Waals surface area (Å²) in [6.45, 7) is 5.73. The van der Waals surface area contributed by atoms with Crippen molar-refractivity contribution in [1.29, 1.82) is 0 Å². The molecule has 0 bridgehead atoms. The summed E-state index contributed by atoms with van der Waals surface area (Å²) < 4.78 is 24.7. The van der Waals surface area contributed by atoms with E-state index in [1.165, 1.54) is 13.8 Å². The third-order valence-corrected chi connectivity index (χ3v) is 1.11. The molecule has 0 heterocycles. The van der Waals surface area contributed by atoms with Gasteiger partial charge < -0.3 is 0 Å². The molecule has 0 aromatic carbocycles. The predicted molar refractivity (Wildman–Crippen MR) is 35.0 cm³/mol. The summed E-state index contributed by atoms with van der Waals surface area (Å²) in [5, 5.41) is 0. The van der Waals surface area contributed by atoms with E-state index in [2.05, 4.69) is 6.58 Å². The van der Waals surface area contributed by atoms with E-state index in [1.54, 1.807) is 0 Å². The molecule has 0 aliphatic heterocycles. The number of ketones is 1. The fourth-order valence-electron chi connectivity index (χ4n) is 0.485. The monoisotopic (exact) mass is 148 g/mol. The molecule has 0 rings (SSSR count). The number of Topliss-reactive ketones (excluding diaryl/α,β-unsaturated/α-hetero) is 1. The Hall–Kier alpha value is -0.730. The zero-order chi connectivity index (χ0) is 8.36. The van der Waals surface area contributed by atoms with Crippen LogP contribution in [0.2, 0.25) is 0 Å². The molecule has 0 radical (unpaired) electrons. The number of carbonyl (C=O) groups is 1. The molecule has 0 aromatic rings. The summed E-state index contributed by atoms with van der Waals surface area (Å²) in [7, 11) is 0. The molecule has 0 aromatic heterocycles. The largest absolute Gasteiger partial charge is 0.323 e. The van der Waals surface area contributed by atoms with Crippen LogP contribution in [-0.4, -0.2) is 11.7 Å². The van der Waals surface area contributed by atoms with Gasteiger partial charge in [0.25, 0.3) is 0 Å². The molecule has 0 atom stereocenters. The number of rotatable bonds is 3. The molecule has 0 saturated heterocycles. The van der Waals surface area contributed by atoms with Crippen LogP contribution in [0.5, 0.6) is 0 Å². The predicted octanol–water partition coefficient (Wildman–Crippen LogP) is 2.03. The number of allylic oxidation sites excluding steroid dienone is 1. The number of hydrogen-bond acceptors (Lipinski definition) is 1. The molecule has 0 fully saturated rings. The number of alkyl halides is 2. The average molecular weight is 148 g/mol. The van der Waals surface area contributed by atoms with Crippen LogP contribution in [0.15, 0.2) is 12.7 Å². The maximum absolute atomic E-state index is 12.3. The van der Waals surface area contributed by atoms with Gasteiger partial charge >= 0.3 is 5.92 Å². The first-order valence-electron chi connectivity index (χ1n) is 2.97. The van der Waals surface area contributed by atoms with Gasteiger partial charge in [0, 0.05) is 5.92 Å². The Labute approximate surface area is 58.7 Å². The summed E-state index contributed by atoms with van der Waals surface area (Å²) in [4.78, 5) is 10.6. The lowest BCUT2D eigenvalue weighted by atomic mass is 10.0. The average Bonchev–Trinajstić information content (AvgIpc) is 1.86. The van der Waals surface area contributed by atoms with E-state index >= 15 is 0 Å². The minimum atomic E-state index is -3.35. The Morgan fingerprint density at radius 1 is 1.60 bits per heavy atom. The van der Waals surface area contributed by atoms with Gasteiger partial charge in [-0.1, -0.05) is 20.4 Å². The molecular weight excluding hydrogens is 138 g/mol. The van der Waals surface area contributed by atoms with Crippen molar-refractivity contribution >= 4 is 5.78 Å². The summed E-state index contributed by atoms with van der Waals surface area (Å²) in [6.07, 6.45) is 0.370. The Bertz CT molecular complexity index is 150.